The van der Waals surface area contributed by atoms with Gasteiger partial charge in [-0.1, -0.05) is 0 Å². The monoisotopic (exact) mass is 419 g/mol. The van der Waals surface area contributed by atoms with Crippen LogP contribution in [0.1, 0.15) is 49.4 Å². The first kappa shape index (κ1) is 22.8. The van der Waals surface area contributed by atoms with Crippen LogP contribution in [0.25, 0.3) is 0 Å². The maximum Gasteiger partial charge on any atom is 0.355 e. The van der Waals surface area contributed by atoms with Crippen molar-refractivity contribution in [1.82, 2.24) is 4.98 Å². The normalized spacial score (nSPS) is 10.3. The summed E-state index contributed by atoms with van der Waals surface area (Å²) in [6, 6.07) is 2.95. The van der Waals surface area contributed by atoms with Crippen LogP contribution in [0.15, 0.2) is 12.1 Å². The van der Waals surface area contributed by atoms with E-state index < -0.39 is 24.3 Å². The van der Waals surface area contributed by atoms with Gasteiger partial charge in [0, 0.05) is 11.3 Å². The number of aromatic amines is 1. The highest BCUT2D eigenvalue weighted by Crippen LogP contribution is 2.38. The van der Waals surface area contributed by atoms with E-state index in [-0.39, 0.29) is 23.4 Å². The van der Waals surface area contributed by atoms with Crippen molar-refractivity contribution in [2.75, 3.05) is 34.5 Å². The highest BCUT2D eigenvalue weighted by atomic mass is 16.5. The number of hydrogen-bond donors (Lipinski definition) is 1. The molecule has 2 aromatic rings. The summed E-state index contributed by atoms with van der Waals surface area (Å²) in [5, 5.41) is 0. The average Bonchev–Trinajstić information content (AvgIpc) is 3.04. The molecule has 9 heteroatoms. The molecule has 162 valence electrons. The van der Waals surface area contributed by atoms with Crippen LogP contribution >= 0.6 is 0 Å². The molecule has 0 aliphatic rings. The molecule has 0 amide bonds. The zero-order chi connectivity index (χ0) is 22.4. The van der Waals surface area contributed by atoms with E-state index in [1.54, 1.807) is 20.8 Å². The highest BCUT2D eigenvalue weighted by Gasteiger charge is 2.25. The third-order valence-corrected chi connectivity index (χ3v) is 4.44. The van der Waals surface area contributed by atoms with Crippen LogP contribution in [0.2, 0.25) is 0 Å². The van der Waals surface area contributed by atoms with Gasteiger partial charge in [0.05, 0.1) is 33.5 Å². The first-order chi connectivity index (χ1) is 14.3. The largest absolute Gasteiger partial charge is 0.493 e. The molecule has 0 aliphatic carbocycles. The molecule has 1 N–H and O–H groups in total. The van der Waals surface area contributed by atoms with Crippen LogP contribution in [0.5, 0.6) is 17.2 Å². The molecule has 0 saturated carbocycles. The Morgan fingerprint density at radius 3 is 2.00 bits per heavy atom. The van der Waals surface area contributed by atoms with Crippen molar-refractivity contribution < 1.29 is 38.1 Å². The molecular formula is C21H25NO8. The summed E-state index contributed by atoms with van der Waals surface area (Å²) in [6.45, 7) is 4.65. The number of aromatic nitrogens is 1. The van der Waals surface area contributed by atoms with Gasteiger partial charge in [-0.05, 0) is 38.5 Å². The molecule has 9 nitrogen and oxygen atoms in total. The number of H-pyrrole nitrogens is 1. The van der Waals surface area contributed by atoms with E-state index in [0.717, 1.165) is 0 Å². The zero-order valence-corrected chi connectivity index (χ0v) is 17.8. The van der Waals surface area contributed by atoms with Crippen molar-refractivity contribution in [2.24, 2.45) is 0 Å². The second-order valence-electron chi connectivity index (χ2n) is 6.26. The molecule has 1 aromatic carbocycles. The van der Waals surface area contributed by atoms with Crippen LogP contribution in [-0.2, 0) is 9.47 Å². The Morgan fingerprint density at radius 1 is 0.900 bits per heavy atom. The lowest BCUT2D eigenvalue weighted by Gasteiger charge is -2.13. The molecule has 1 heterocycles. The second-order valence-corrected chi connectivity index (χ2v) is 6.26. The van der Waals surface area contributed by atoms with E-state index in [4.69, 9.17) is 23.7 Å². The summed E-state index contributed by atoms with van der Waals surface area (Å²) in [7, 11) is 4.32. The van der Waals surface area contributed by atoms with Crippen molar-refractivity contribution in [3.63, 3.8) is 0 Å². The van der Waals surface area contributed by atoms with Crippen LogP contribution in [0.4, 0.5) is 0 Å². The number of aryl methyl sites for hydroxylation is 1. The average molecular weight is 419 g/mol. The number of methoxy groups -OCH3 is 3. The Morgan fingerprint density at radius 2 is 1.50 bits per heavy atom. The van der Waals surface area contributed by atoms with E-state index in [9.17, 15) is 14.4 Å². The SMILES string of the molecule is CCOC(=O)c1c(C)[nH]c(C(=O)OCC(=O)c2cc(OC)c(OC)c(OC)c2)c1C. The number of hydrogen-bond acceptors (Lipinski definition) is 8. The first-order valence-electron chi connectivity index (χ1n) is 9.15. The number of rotatable bonds is 9. The van der Waals surface area contributed by atoms with E-state index in [1.807, 2.05) is 0 Å². The third-order valence-electron chi connectivity index (χ3n) is 4.44. The molecule has 0 unspecified atom stereocenters. The standard InChI is InChI=1S/C21H25NO8/c1-7-29-20(24)17-11(2)18(22-12(17)3)21(25)30-10-14(23)13-8-15(26-4)19(28-6)16(9-13)27-5/h8-9,22H,7,10H2,1-6H3. The van der Waals surface area contributed by atoms with E-state index in [0.29, 0.717) is 28.5 Å². The number of carbonyl (C=O) groups is 3. The van der Waals surface area contributed by atoms with Crippen molar-refractivity contribution in [3.05, 3.63) is 40.2 Å². The zero-order valence-electron chi connectivity index (χ0n) is 17.8. The number of esters is 2. The first-order valence-corrected chi connectivity index (χ1v) is 9.15. The van der Waals surface area contributed by atoms with Gasteiger partial charge in [-0.3, -0.25) is 4.79 Å². The number of Topliss-reactive ketones (excluding diaryl/α,β-unsaturated/α-hetero) is 1. The van der Waals surface area contributed by atoms with Gasteiger partial charge >= 0.3 is 11.9 Å². The molecule has 1 aromatic heterocycles. The van der Waals surface area contributed by atoms with Gasteiger partial charge in [-0.2, -0.15) is 0 Å². The fraction of sp³-hybridized carbons (Fsp3) is 0.381. The van der Waals surface area contributed by atoms with Gasteiger partial charge in [0.2, 0.25) is 11.5 Å². The van der Waals surface area contributed by atoms with Crippen molar-refractivity contribution >= 4 is 17.7 Å². The van der Waals surface area contributed by atoms with Gasteiger partial charge in [0.25, 0.3) is 0 Å². The quantitative estimate of drug-likeness (QED) is 0.488. The summed E-state index contributed by atoms with van der Waals surface area (Å²) in [5.74, 6) is -0.794. The Labute approximate surface area is 174 Å². The molecule has 0 bridgehead atoms. The molecule has 0 atom stereocenters. The van der Waals surface area contributed by atoms with Crippen LogP contribution in [-0.4, -0.2) is 57.2 Å². The summed E-state index contributed by atoms with van der Waals surface area (Å²) >= 11 is 0. The predicted molar refractivity (Wildman–Crippen MR) is 107 cm³/mol. The molecule has 0 radical (unpaired) electrons. The molecule has 0 spiro atoms. The number of ketones is 1. The van der Waals surface area contributed by atoms with Crippen molar-refractivity contribution in [1.29, 1.82) is 0 Å². The number of nitrogens with one attached hydrogen (secondary N) is 1. The second kappa shape index (κ2) is 9.82. The van der Waals surface area contributed by atoms with Gasteiger partial charge < -0.3 is 28.7 Å². The fourth-order valence-corrected chi connectivity index (χ4v) is 2.99. The number of benzene rings is 1. The molecule has 0 fully saturated rings. The van der Waals surface area contributed by atoms with Crippen molar-refractivity contribution in [2.45, 2.75) is 20.8 Å². The Bertz CT molecular complexity index is 935. The summed E-state index contributed by atoms with van der Waals surface area (Å²) < 4.78 is 25.8. The Hall–Kier alpha value is -3.49. The molecule has 0 saturated heterocycles. The molecule has 2 rings (SSSR count). The molecular weight excluding hydrogens is 394 g/mol. The van der Waals surface area contributed by atoms with E-state index >= 15 is 0 Å². The number of carbonyl (C=O) groups excluding carboxylic acids is 3. The van der Waals surface area contributed by atoms with Gasteiger partial charge in [0.1, 0.15) is 5.69 Å². The van der Waals surface area contributed by atoms with Crippen LogP contribution in [0, 0.1) is 13.8 Å². The highest BCUT2D eigenvalue weighted by molar-refractivity contribution is 6.01. The minimum Gasteiger partial charge on any atom is -0.493 e. The Balaban J connectivity index is 2.18. The maximum atomic E-state index is 12.6. The summed E-state index contributed by atoms with van der Waals surface area (Å²) in [6.07, 6.45) is 0. The minimum absolute atomic E-state index is 0.0910. The number of ether oxygens (including phenoxy) is 5. The van der Waals surface area contributed by atoms with Crippen LogP contribution in [0.3, 0.4) is 0 Å². The minimum atomic E-state index is -0.757. The van der Waals surface area contributed by atoms with E-state index in [2.05, 4.69) is 4.98 Å². The maximum absolute atomic E-state index is 12.6. The molecule has 30 heavy (non-hydrogen) atoms. The molecule has 0 aliphatic heterocycles. The lowest BCUT2D eigenvalue weighted by atomic mass is 10.1. The van der Waals surface area contributed by atoms with Gasteiger partial charge in [0.15, 0.2) is 18.1 Å². The van der Waals surface area contributed by atoms with Gasteiger partial charge in [-0.25, -0.2) is 9.59 Å². The third kappa shape index (κ3) is 4.56. The smallest absolute Gasteiger partial charge is 0.355 e. The lowest BCUT2D eigenvalue weighted by Crippen LogP contribution is -2.16. The topological polar surface area (TPSA) is 113 Å². The van der Waals surface area contributed by atoms with Gasteiger partial charge in [-0.15, -0.1) is 0 Å². The summed E-state index contributed by atoms with van der Waals surface area (Å²) in [5.41, 5.74) is 1.47. The summed E-state index contributed by atoms with van der Waals surface area (Å²) in [4.78, 5) is 39.9. The fourth-order valence-electron chi connectivity index (χ4n) is 2.99. The predicted octanol–water partition coefficient (Wildman–Crippen LogP) is 2.87. The van der Waals surface area contributed by atoms with E-state index in [1.165, 1.54) is 33.5 Å². The van der Waals surface area contributed by atoms with Crippen LogP contribution < -0.4 is 14.2 Å². The lowest BCUT2D eigenvalue weighted by molar-refractivity contribution is 0.0468. The van der Waals surface area contributed by atoms with Crippen molar-refractivity contribution in [3.8, 4) is 17.2 Å². The Kier molecular flexibility index (Phi) is 7.46.